The highest BCUT2D eigenvalue weighted by molar-refractivity contribution is 7.86. The van der Waals surface area contributed by atoms with E-state index in [0.717, 1.165) is 58.4 Å². The maximum Gasteiger partial charge on any atom is 0.297 e. The number of hydrogen-bond donors (Lipinski definition) is 1. The van der Waals surface area contributed by atoms with Gasteiger partial charge in [-0.15, -0.1) is 0 Å². The third-order valence-corrected chi connectivity index (χ3v) is 8.66. The number of pyridine rings is 1. The maximum atomic E-state index is 12.9. The van der Waals surface area contributed by atoms with Crippen molar-refractivity contribution in [2.24, 2.45) is 0 Å². The Bertz CT molecular complexity index is 1640. The second kappa shape index (κ2) is 13.7. The van der Waals surface area contributed by atoms with Gasteiger partial charge in [-0.3, -0.25) is 4.18 Å². The Labute approximate surface area is 253 Å². The quantitative estimate of drug-likeness (QED) is 0.195. The van der Waals surface area contributed by atoms with Crippen LogP contribution in [0, 0.1) is 6.92 Å². The zero-order valence-corrected chi connectivity index (χ0v) is 25.9. The van der Waals surface area contributed by atoms with Crippen LogP contribution in [0.25, 0.3) is 22.2 Å². The lowest BCUT2D eigenvalue weighted by molar-refractivity contribution is -0.198. The highest BCUT2D eigenvalue weighted by atomic mass is 32.2. The van der Waals surface area contributed by atoms with Crippen LogP contribution in [-0.2, 0) is 23.8 Å². The molecule has 1 fully saturated rings. The lowest BCUT2D eigenvalue weighted by atomic mass is 10.1. The molecule has 2 atom stereocenters. The van der Waals surface area contributed by atoms with Crippen molar-refractivity contribution in [3.8, 4) is 17.0 Å². The molecule has 228 valence electrons. The predicted octanol–water partition coefficient (Wildman–Crippen LogP) is 6.01. The van der Waals surface area contributed by atoms with E-state index in [2.05, 4.69) is 28.4 Å². The molecule has 1 N–H and O–H groups in total. The number of nitrogens with zero attached hydrogens (tertiary/aromatic N) is 2. The van der Waals surface area contributed by atoms with Crippen LogP contribution in [-0.4, -0.2) is 66.8 Å². The summed E-state index contributed by atoms with van der Waals surface area (Å²) < 4.78 is 49.4. The van der Waals surface area contributed by atoms with Crippen molar-refractivity contribution in [2.45, 2.75) is 43.5 Å². The minimum absolute atomic E-state index is 0.0554. The summed E-state index contributed by atoms with van der Waals surface area (Å²) in [7, 11) is 1.87. The zero-order valence-electron chi connectivity index (χ0n) is 25.1. The van der Waals surface area contributed by atoms with Crippen LogP contribution in [0.5, 0.6) is 5.75 Å². The summed E-state index contributed by atoms with van der Waals surface area (Å²) in [5, 5.41) is 4.22. The minimum atomic E-state index is -3.98. The van der Waals surface area contributed by atoms with Crippen LogP contribution in [0.3, 0.4) is 0 Å². The number of nitrogens with one attached hydrogen (secondary N) is 1. The first kappa shape index (κ1) is 30.7. The molecule has 1 aliphatic heterocycles. The summed E-state index contributed by atoms with van der Waals surface area (Å²) in [5.41, 5.74) is 5.45. The summed E-state index contributed by atoms with van der Waals surface area (Å²) in [6.07, 6.45) is 1.53. The van der Waals surface area contributed by atoms with E-state index in [4.69, 9.17) is 23.4 Å². The Morgan fingerprint density at radius 3 is 2.53 bits per heavy atom. The van der Waals surface area contributed by atoms with Gasteiger partial charge in [0, 0.05) is 44.4 Å². The molecule has 0 bridgehead atoms. The third kappa shape index (κ3) is 7.83. The van der Waals surface area contributed by atoms with Crippen LogP contribution < -0.4 is 15.0 Å². The van der Waals surface area contributed by atoms with E-state index in [1.807, 2.05) is 58.4 Å². The number of ether oxygens (including phenoxy) is 3. The number of aromatic nitrogens is 1. The molecule has 2 heterocycles. The highest BCUT2D eigenvalue weighted by Crippen LogP contribution is 2.32. The number of anilines is 2. The molecular formula is C33H39N3O6S. The number of hydrogen-bond acceptors (Lipinski definition) is 9. The van der Waals surface area contributed by atoms with E-state index in [1.165, 1.54) is 12.1 Å². The van der Waals surface area contributed by atoms with Gasteiger partial charge >= 0.3 is 0 Å². The molecular weight excluding hydrogens is 566 g/mol. The van der Waals surface area contributed by atoms with Gasteiger partial charge < -0.3 is 24.4 Å². The molecule has 0 saturated carbocycles. The molecule has 3 aromatic carbocycles. The Morgan fingerprint density at radius 2 is 1.81 bits per heavy atom. The van der Waals surface area contributed by atoms with Gasteiger partial charge in [0.25, 0.3) is 10.1 Å². The van der Waals surface area contributed by atoms with Crippen molar-refractivity contribution in [3.05, 3.63) is 78.4 Å². The van der Waals surface area contributed by atoms with Gasteiger partial charge in [-0.25, -0.2) is 4.98 Å². The third-order valence-electron chi connectivity index (χ3n) is 7.36. The zero-order chi connectivity index (χ0) is 30.4. The van der Waals surface area contributed by atoms with E-state index in [9.17, 15) is 8.42 Å². The molecule has 1 aromatic heterocycles. The van der Waals surface area contributed by atoms with Crippen LogP contribution in [0.2, 0.25) is 0 Å². The maximum absolute atomic E-state index is 12.9. The SMILES string of the molecule is CNc1ccc(-c2ccc3cc(N(C)C)ccc3n2)cc1OCC(COS(=O)(=O)c1ccc(C)cc1)OC1CCCCO1. The molecule has 2 unspecified atom stereocenters. The fraction of sp³-hybridized carbons (Fsp3) is 0.364. The Morgan fingerprint density at radius 1 is 1.00 bits per heavy atom. The van der Waals surface area contributed by atoms with Gasteiger partial charge in [0.05, 0.1) is 28.4 Å². The summed E-state index contributed by atoms with van der Waals surface area (Å²) in [6, 6.07) is 22.6. The second-order valence-corrected chi connectivity index (χ2v) is 12.5. The number of benzene rings is 3. The Kier molecular flexibility index (Phi) is 9.82. The lowest BCUT2D eigenvalue weighted by Gasteiger charge is -2.28. The van der Waals surface area contributed by atoms with E-state index in [-0.39, 0.29) is 18.1 Å². The Hall–Kier alpha value is -3.70. The molecule has 9 nitrogen and oxygen atoms in total. The van der Waals surface area contributed by atoms with Crippen LogP contribution in [0.15, 0.2) is 77.7 Å². The molecule has 0 radical (unpaired) electrons. The van der Waals surface area contributed by atoms with Crippen molar-refractivity contribution < 1.29 is 26.8 Å². The molecule has 1 saturated heterocycles. The standard InChI is InChI=1S/C33H39N3O6S/c1-23-8-13-28(14-9-23)43(37,38)41-22-27(42-33-7-5-6-18-39-33)21-40-32-20-25(11-16-31(32)34-2)29-15-10-24-19-26(36(3)4)12-17-30(24)35-29/h8-17,19-20,27,33-34H,5-7,18,21-22H2,1-4H3. The van der Waals surface area contributed by atoms with Crippen molar-refractivity contribution in [2.75, 3.05) is 51.2 Å². The molecule has 10 heteroatoms. The normalized spacial score (nSPS) is 16.1. The minimum Gasteiger partial charge on any atom is -0.489 e. The molecule has 0 aliphatic carbocycles. The average Bonchev–Trinajstić information content (AvgIpc) is 3.02. The second-order valence-electron chi connectivity index (χ2n) is 10.8. The van der Waals surface area contributed by atoms with E-state index < -0.39 is 22.5 Å². The monoisotopic (exact) mass is 605 g/mol. The van der Waals surface area contributed by atoms with Crippen molar-refractivity contribution >= 4 is 32.4 Å². The smallest absolute Gasteiger partial charge is 0.297 e. The number of aryl methyl sites for hydroxylation is 1. The topological polar surface area (TPSA) is 99.2 Å². The van der Waals surface area contributed by atoms with Gasteiger partial charge in [-0.05, 0) is 74.7 Å². The van der Waals surface area contributed by atoms with Crippen molar-refractivity contribution in [3.63, 3.8) is 0 Å². The van der Waals surface area contributed by atoms with Crippen LogP contribution >= 0.6 is 0 Å². The molecule has 0 amide bonds. The summed E-state index contributed by atoms with van der Waals surface area (Å²) >= 11 is 0. The first-order valence-corrected chi connectivity index (χ1v) is 15.9. The molecule has 1 aliphatic rings. The summed E-state index contributed by atoms with van der Waals surface area (Å²) in [6.45, 7) is 2.33. The average molecular weight is 606 g/mol. The first-order chi connectivity index (χ1) is 20.7. The largest absolute Gasteiger partial charge is 0.489 e. The molecule has 43 heavy (non-hydrogen) atoms. The van der Waals surface area contributed by atoms with E-state index in [1.54, 1.807) is 12.1 Å². The molecule has 5 rings (SSSR count). The van der Waals surface area contributed by atoms with Crippen LogP contribution in [0.4, 0.5) is 11.4 Å². The highest BCUT2D eigenvalue weighted by Gasteiger charge is 2.25. The fourth-order valence-electron chi connectivity index (χ4n) is 4.84. The van der Waals surface area contributed by atoms with Gasteiger partial charge in [-0.2, -0.15) is 8.42 Å². The summed E-state index contributed by atoms with van der Waals surface area (Å²) in [5.74, 6) is 0.587. The lowest BCUT2D eigenvalue weighted by Crippen LogP contribution is -2.35. The van der Waals surface area contributed by atoms with Gasteiger partial charge in [0.15, 0.2) is 6.29 Å². The first-order valence-electron chi connectivity index (χ1n) is 14.5. The van der Waals surface area contributed by atoms with E-state index in [0.29, 0.717) is 12.4 Å². The molecule has 0 spiro atoms. The van der Waals surface area contributed by atoms with Gasteiger partial charge in [0.1, 0.15) is 18.5 Å². The van der Waals surface area contributed by atoms with Gasteiger partial charge in [0.2, 0.25) is 0 Å². The van der Waals surface area contributed by atoms with E-state index >= 15 is 0 Å². The summed E-state index contributed by atoms with van der Waals surface area (Å²) in [4.78, 5) is 7.04. The fourth-order valence-corrected chi connectivity index (χ4v) is 5.78. The number of fused-ring (bicyclic) bond motifs is 1. The van der Waals surface area contributed by atoms with Crippen LogP contribution in [0.1, 0.15) is 24.8 Å². The van der Waals surface area contributed by atoms with Crippen molar-refractivity contribution in [1.82, 2.24) is 4.98 Å². The van der Waals surface area contributed by atoms with Crippen molar-refractivity contribution in [1.29, 1.82) is 0 Å². The van der Waals surface area contributed by atoms with Gasteiger partial charge in [-0.1, -0.05) is 29.8 Å². The predicted molar refractivity (Wildman–Crippen MR) is 169 cm³/mol. The molecule has 4 aromatic rings. The Balaban J connectivity index is 1.34. The number of rotatable bonds is 12.